The van der Waals surface area contributed by atoms with Crippen molar-refractivity contribution in [3.63, 3.8) is 0 Å². The van der Waals surface area contributed by atoms with Crippen LogP contribution in [-0.4, -0.2) is 43.3 Å². The van der Waals surface area contributed by atoms with Gasteiger partial charge in [0.2, 0.25) is 0 Å². The number of sulfonamides is 1. The minimum absolute atomic E-state index is 0.0942. The van der Waals surface area contributed by atoms with Crippen molar-refractivity contribution < 1.29 is 22.7 Å². The van der Waals surface area contributed by atoms with Gasteiger partial charge in [-0.3, -0.25) is 14.4 Å². The molecule has 2 aliphatic rings. The SMILES string of the molecule is CN(Cc1ccc(C(=O)OC2=C(C(=O)Nc3ccccn3)NS(=O)(=O)c3ccccc32)cc1)C1CCCCC1. The fraction of sp³-hybridized carbons (Fsp3) is 0.276. The van der Waals surface area contributed by atoms with Gasteiger partial charge in [-0.2, -0.15) is 0 Å². The van der Waals surface area contributed by atoms with Crippen LogP contribution >= 0.6 is 0 Å². The van der Waals surface area contributed by atoms with Gasteiger partial charge in [0.05, 0.1) is 10.5 Å². The maximum Gasteiger partial charge on any atom is 0.343 e. The zero-order valence-corrected chi connectivity index (χ0v) is 22.4. The van der Waals surface area contributed by atoms with E-state index in [0.29, 0.717) is 6.04 Å². The predicted octanol–water partition coefficient (Wildman–Crippen LogP) is 4.30. The van der Waals surface area contributed by atoms with E-state index in [1.165, 1.54) is 50.4 Å². The topological polar surface area (TPSA) is 118 Å². The number of hydrogen-bond acceptors (Lipinski definition) is 7. The molecule has 0 atom stereocenters. The maximum atomic E-state index is 13.2. The Hall–Kier alpha value is -4.02. The molecule has 2 N–H and O–H groups in total. The van der Waals surface area contributed by atoms with E-state index >= 15 is 0 Å². The van der Waals surface area contributed by atoms with E-state index in [0.717, 1.165) is 12.1 Å². The molecular weight excluding hydrogens is 516 g/mol. The van der Waals surface area contributed by atoms with Crippen molar-refractivity contribution in [2.45, 2.75) is 49.6 Å². The average Bonchev–Trinajstić information content (AvgIpc) is 2.95. The largest absolute Gasteiger partial charge is 0.420 e. The third-order valence-electron chi connectivity index (χ3n) is 7.03. The van der Waals surface area contributed by atoms with Gasteiger partial charge in [-0.15, -0.1) is 0 Å². The molecule has 1 aliphatic carbocycles. The lowest BCUT2D eigenvalue weighted by Crippen LogP contribution is -2.36. The molecule has 202 valence electrons. The van der Waals surface area contributed by atoms with Gasteiger partial charge in [0.1, 0.15) is 5.82 Å². The van der Waals surface area contributed by atoms with Crippen molar-refractivity contribution in [1.82, 2.24) is 14.6 Å². The van der Waals surface area contributed by atoms with Gasteiger partial charge in [0, 0.05) is 24.3 Å². The Morgan fingerprint density at radius 3 is 2.44 bits per heavy atom. The lowest BCUT2D eigenvalue weighted by Gasteiger charge is -2.31. The highest BCUT2D eigenvalue weighted by atomic mass is 32.2. The highest BCUT2D eigenvalue weighted by molar-refractivity contribution is 7.89. The molecule has 0 saturated heterocycles. The molecule has 3 aromatic rings. The van der Waals surface area contributed by atoms with Crippen LogP contribution in [0, 0.1) is 0 Å². The van der Waals surface area contributed by atoms with E-state index in [2.05, 4.69) is 27.0 Å². The maximum absolute atomic E-state index is 13.2. The Morgan fingerprint density at radius 2 is 1.72 bits per heavy atom. The Morgan fingerprint density at radius 1 is 1.00 bits per heavy atom. The van der Waals surface area contributed by atoms with Gasteiger partial charge in [-0.1, -0.05) is 49.6 Å². The lowest BCUT2D eigenvalue weighted by molar-refractivity contribution is -0.113. The van der Waals surface area contributed by atoms with Crippen LogP contribution < -0.4 is 10.0 Å². The number of fused-ring (bicyclic) bond motifs is 1. The fourth-order valence-electron chi connectivity index (χ4n) is 4.97. The minimum Gasteiger partial charge on any atom is -0.420 e. The zero-order chi connectivity index (χ0) is 27.4. The van der Waals surface area contributed by atoms with Crippen LogP contribution in [0.25, 0.3) is 5.76 Å². The second-order valence-electron chi connectivity index (χ2n) is 9.77. The highest BCUT2D eigenvalue weighted by Crippen LogP contribution is 2.32. The summed E-state index contributed by atoms with van der Waals surface area (Å²) in [5, 5.41) is 2.54. The first-order valence-electron chi connectivity index (χ1n) is 12.9. The summed E-state index contributed by atoms with van der Waals surface area (Å²) in [5.41, 5.74) is 1.06. The molecular formula is C29H30N4O5S. The normalized spacial score (nSPS) is 16.8. The Kier molecular flexibility index (Phi) is 7.76. The molecule has 10 heteroatoms. The number of pyridine rings is 1. The summed E-state index contributed by atoms with van der Waals surface area (Å²) in [6.07, 6.45) is 7.72. The Bertz CT molecular complexity index is 1500. The minimum atomic E-state index is -4.07. The smallest absolute Gasteiger partial charge is 0.343 e. The first-order chi connectivity index (χ1) is 18.8. The van der Waals surface area contributed by atoms with E-state index in [4.69, 9.17) is 4.74 Å². The summed E-state index contributed by atoms with van der Waals surface area (Å²) < 4.78 is 33.8. The van der Waals surface area contributed by atoms with Crippen LogP contribution in [0.3, 0.4) is 0 Å². The standard InChI is InChI=1S/C29H30N4O5S/c1-33(22-9-3-2-4-10-22)19-20-14-16-21(17-15-20)29(35)38-27-23-11-5-6-12-24(23)39(36,37)32-26(27)28(34)31-25-13-7-8-18-30-25/h5-8,11-18,22,32H,2-4,9-10,19H2,1H3,(H,30,31,34). The molecule has 2 heterocycles. The number of hydrogen-bond donors (Lipinski definition) is 2. The molecule has 1 aromatic heterocycles. The number of ether oxygens (including phenoxy) is 1. The molecule has 0 unspecified atom stereocenters. The molecule has 9 nitrogen and oxygen atoms in total. The molecule has 5 rings (SSSR count). The van der Waals surface area contributed by atoms with E-state index in [1.807, 2.05) is 12.1 Å². The molecule has 1 aliphatic heterocycles. The van der Waals surface area contributed by atoms with Gasteiger partial charge < -0.3 is 10.1 Å². The molecule has 0 spiro atoms. The summed E-state index contributed by atoms with van der Waals surface area (Å²) in [6.45, 7) is 0.776. The number of amides is 1. The van der Waals surface area contributed by atoms with Gasteiger partial charge in [0.25, 0.3) is 15.9 Å². The number of esters is 1. The van der Waals surface area contributed by atoms with Crippen molar-refractivity contribution in [3.8, 4) is 0 Å². The number of nitrogens with zero attached hydrogens (tertiary/aromatic N) is 2. The predicted molar refractivity (Wildman–Crippen MR) is 147 cm³/mol. The number of aromatic nitrogens is 1. The molecule has 1 fully saturated rings. The third-order valence-corrected chi connectivity index (χ3v) is 8.44. The first-order valence-corrected chi connectivity index (χ1v) is 14.4. The quantitative estimate of drug-likeness (QED) is 0.424. The first kappa shape index (κ1) is 26.6. The van der Waals surface area contributed by atoms with Gasteiger partial charge in [-0.05, 0) is 61.9 Å². The van der Waals surface area contributed by atoms with E-state index in [1.54, 1.807) is 42.5 Å². The summed E-state index contributed by atoms with van der Waals surface area (Å²) in [4.78, 5) is 32.6. The summed E-state index contributed by atoms with van der Waals surface area (Å²) >= 11 is 0. The number of benzene rings is 2. The highest BCUT2D eigenvalue weighted by Gasteiger charge is 2.35. The van der Waals surface area contributed by atoms with Crippen LogP contribution in [0.2, 0.25) is 0 Å². The lowest BCUT2D eigenvalue weighted by atomic mass is 9.94. The van der Waals surface area contributed by atoms with Gasteiger partial charge >= 0.3 is 5.97 Å². The van der Waals surface area contributed by atoms with Crippen molar-refractivity contribution in [2.24, 2.45) is 0 Å². The van der Waals surface area contributed by atoms with Crippen molar-refractivity contribution in [3.05, 3.63) is 95.3 Å². The number of carbonyl (C=O) groups excluding carboxylic acids is 2. The van der Waals surface area contributed by atoms with Crippen LogP contribution in [0.4, 0.5) is 5.82 Å². The van der Waals surface area contributed by atoms with E-state index in [9.17, 15) is 18.0 Å². The number of nitrogens with one attached hydrogen (secondary N) is 2. The molecule has 1 saturated carbocycles. The second kappa shape index (κ2) is 11.4. The Labute approximate surface area is 228 Å². The van der Waals surface area contributed by atoms with Crippen LogP contribution in [0.5, 0.6) is 0 Å². The van der Waals surface area contributed by atoms with Crippen LogP contribution in [0.15, 0.2) is 83.5 Å². The van der Waals surface area contributed by atoms with Gasteiger partial charge in [-0.25, -0.2) is 18.2 Å². The van der Waals surface area contributed by atoms with E-state index < -0.39 is 27.6 Å². The van der Waals surface area contributed by atoms with Crippen molar-refractivity contribution >= 4 is 33.5 Å². The van der Waals surface area contributed by atoms with Crippen LogP contribution in [-0.2, 0) is 26.1 Å². The second-order valence-corrected chi connectivity index (χ2v) is 11.4. The molecule has 0 radical (unpaired) electrons. The molecule has 0 bridgehead atoms. The molecule has 39 heavy (non-hydrogen) atoms. The molecule has 1 amide bonds. The van der Waals surface area contributed by atoms with Crippen molar-refractivity contribution in [2.75, 3.05) is 12.4 Å². The molecule has 2 aromatic carbocycles. The summed E-state index contributed by atoms with van der Waals surface area (Å²) in [6, 6.07) is 18.7. The van der Waals surface area contributed by atoms with Gasteiger partial charge in [0.15, 0.2) is 11.5 Å². The monoisotopic (exact) mass is 546 g/mol. The number of rotatable bonds is 7. The fourth-order valence-corrected chi connectivity index (χ4v) is 6.24. The summed E-state index contributed by atoms with van der Waals surface area (Å²) in [5.74, 6) is -1.49. The number of anilines is 1. The van der Waals surface area contributed by atoms with Crippen LogP contribution in [0.1, 0.15) is 53.6 Å². The van der Waals surface area contributed by atoms with Crippen molar-refractivity contribution in [1.29, 1.82) is 0 Å². The average molecular weight is 547 g/mol. The third kappa shape index (κ3) is 6.02. The Balaban J connectivity index is 1.39. The van der Waals surface area contributed by atoms with E-state index in [-0.39, 0.29) is 27.6 Å². The summed E-state index contributed by atoms with van der Waals surface area (Å²) in [7, 11) is -1.94. The zero-order valence-electron chi connectivity index (χ0n) is 21.6. The number of carbonyl (C=O) groups is 2.